The van der Waals surface area contributed by atoms with Crippen LogP contribution >= 0.6 is 12.2 Å². The van der Waals surface area contributed by atoms with E-state index in [0.29, 0.717) is 0 Å². The van der Waals surface area contributed by atoms with Crippen LogP contribution in [0.2, 0.25) is 0 Å². The van der Waals surface area contributed by atoms with Gasteiger partial charge < -0.3 is 10.2 Å². The molecule has 2 rings (SSSR count). The van der Waals surface area contributed by atoms with Gasteiger partial charge in [-0.3, -0.25) is 0 Å². The van der Waals surface area contributed by atoms with Crippen molar-refractivity contribution in [3.05, 3.63) is 29.3 Å². The lowest BCUT2D eigenvalue weighted by Gasteiger charge is -2.33. The second-order valence-electron chi connectivity index (χ2n) is 5.50. The lowest BCUT2D eigenvalue weighted by Crippen LogP contribution is -2.41. The number of thiocarbonyl (C=S) groups is 1. The van der Waals surface area contributed by atoms with E-state index in [2.05, 4.69) is 49.2 Å². The van der Waals surface area contributed by atoms with Crippen LogP contribution in [0.3, 0.4) is 0 Å². The lowest BCUT2D eigenvalue weighted by molar-refractivity contribution is 0.276. The van der Waals surface area contributed by atoms with Crippen LogP contribution in [-0.4, -0.2) is 23.1 Å². The number of nitrogens with zero attached hydrogens (tertiary/aromatic N) is 1. The molecule has 3 heteroatoms. The summed E-state index contributed by atoms with van der Waals surface area (Å²) in [4.78, 5) is 2.29. The third kappa shape index (κ3) is 3.45. The van der Waals surface area contributed by atoms with Crippen molar-refractivity contribution in [3.63, 3.8) is 0 Å². The van der Waals surface area contributed by atoms with E-state index < -0.39 is 0 Å². The van der Waals surface area contributed by atoms with E-state index in [1.807, 2.05) is 0 Å². The van der Waals surface area contributed by atoms with Crippen LogP contribution in [-0.2, 0) is 0 Å². The minimum Gasteiger partial charge on any atom is -0.349 e. The van der Waals surface area contributed by atoms with Crippen molar-refractivity contribution >= 4 is 23.0 Å². The highest BCUT2D eigenvalue weighted by Crippen LogP contribution is 2.18. The molecule has 2 nitrogen and oxygen atoms in total. The molecule has 98 valence electrons. The number of aryl methyl sites for hydroxylation is 2. The molecule has 1 N–H and O–H groups in total. The van der Waals surface area contributed by atoms with Crippen molar-refractivity contribution in [1.82, 2.24) is 4.90 Å². The van der Waals surface area contributed by atoms with Gasteiger partial charge in [-0.05, 0) is 68.1 Å². The van der Waals surface area contributed by atoms with E-state index >= 15 is 0 Å². The summed E-state index contributed by atoms with van der Waals surface area (Å²) in [5, 5.41) is 4.24. The highest BCUT2D eigenvalue weighted by atomic mass is 32.1. The first kappa shape index (κ1) is 13.3. The Kier molecular flexibility index (Phi) is 4.23. The molecule has 1 atom stereocenters. The first-order valence-corrected chi connectivity index (χ1v) is 7.09. The second-order valence-corrected chi connectivity index (χ2v) is 5.89. The highest BCUT2D eigenvalue weighted by molar-refractivity contribution is 7.80. The Bertz CT molecular complexity index is 422. The number of likely N-dealkylation sites (tertiary alicyclic amines) is 1. The molecular weight excluding hydrogens is 240 g/mol. The molecule has 0 aliphatic carbocycles. The van der Waals surface area contributed by atoms with Crippen LogP contribution in [0, 0.1) is 19.8 Å². The van der Waals surface area contributed by atoms with Crippen LogP contribution in [0.4, 0.5) is 5.69 Å². The summed E-state index contributed by atoms with van der Waals surface area (Å²) in [5.74, 6) is 0.748. The van der Waals surface area contributed by atoms with Gasteiger partial charge in [0.2, 0.25) is 0 Å². The predicted octanol–water partition coefficient (Wildman–Crippen LogP) is 3.73. The molecule has 0 amide bonds. The molecule has 1 aliphatic rings. The molecule has 18 heavy (non-hydrogen) atoms. The number of rotatable bonds is 1. The Labute approximate surface area is 115 Å². The van der Waals surface area contributed by atoms with E-state index in [-0.39, 0.29) is 0 Å². The first-order chi connectivity index (χ1) is 8.54. The second kappa shape index (κ2) is 5.70. The molecule has 1 heterocycles. The molecule has 1 fully saturated rings. The molecule has 0 spiro atoms. The Morgan fingerprint density at radius 2 is 1.94 bits per heavy atom. The summed E-state index contributed by atoms with van der Waals surface area (Å²) in [6, 6.07) is 6.47. The fourth-order valence-electron chi connectivity index (χ4n) is 2.62. The molecule has 0 saturated carbocycles. The highest BCUT2D eigenvalue weighted by Gasteiger charge is 2.18. The summed E-state index contributed by atoms with van der Waals surface area (Å²) < 4.78 is 0. The van der Waals surface area contributed by atoms with Gasteiger partial charge >= 0.3 is 0 Å². The average Bonchev–Trinajstić information content (AvgIpc) is 2.27. The van der Waals surface area contributed by atoms with Gasteiger partial charge in [-0.25, -0.2) is 0 Å². The van der Waals surface area contributed by atoms with E-state index in [1.165, 1.54) is 24.0 Å². The van der Waals surface area contributed by atoms with Gasteiger partial charge in [0.25, 0.3) is 0 Å². The third-order valence-corrected chi connectivity index (χ3v) is 3.78. The summed E-state index contributed by atoms with van der Waals surface area (Å²) in [7, 11) is 0. The first-order valence-electron chi connectivity index (χ1n) is 6.69. The van der Waals surface area contributed by atoms with Crippen LogP contribution in [0.25, 0.3) is 0 Å². The van der Waals surface area contributed by atoms with Crippen LogP contribution < -0.4 is 5.32 Å². The number of hydrogen-bond acceptors (Lipinski definition) is 1. The molecule has 0 unspecified atom stereocenters. The van der Waals surface area contributed by atoms with Gasteiger partial charge in [0.05, 0.1) is 0 Å². The Morgan fingerprint density at radius 1 is 1.28 bits per heavy atom. The maximum atomic E-state index is 5.51. The van der Waals surface area contributed by atoms with Gasteiger partial charge in [0.1, 0.15) is 0 Å². The summed E-state index contributed by atoms with van der Waals surface area (Å²) in [6.45, 7) is 8.69. The zero-order chi connectivity index (χ0) is 13.1. The van der Waals surface area contributed by atoms with E-state index in [9.17, 15) is 0 Å². The quantitative estimate of drug-likeness (QED) is 0.776. The standard InChI is InChI=1S/C15H22N2S/c1-11-5-4-6-17(10-11)15(18)16-14-8-12(2)7-13(3)9-14/h7-9,11H,4-6,10H2,1-3H3,(H,16,18)/t11-/m1/s1. The minimum absolute atomic E-state index is 0.748. The molecule has 1 saturated heterocycles. The number of benzene rings is 1. The number of nitrogens with one attached hydrogen (secondary N) is 1. The fourth-order valence-corrected chi connectivity index (χ4v) is 2.91. The molecule has 0 bridgehead atoms. The summed E-state index contributed by atoms with van der Waals surface area (Å²) >= 11 is 5.51. The van der Waals surface area contributed by atoms with Crippen molar-refractivity contribution in [2.45, 2.75) is 33.6 Å². The lowest BCUT2D eigenvalue weighted by atomic mass is 10.0. The zero-order valence-corrected chi connectivity index (χ0v) is 12.3. The van der Waals surface area contributed by atoms with E-state index in [4.69, 9.17) is 12.2 Å². The Balaban J connectivity index is 2.02. The van der Waals surface area contributed by atoms with E-state index in [1.54, 1.807) is 0 Å². The SMILES string of the molecule is Cc1cc(C)cc(NC(=S)N2CCC[C@@H](C)C2)c1. The van der Waals surface area contributed by atoms with Gasteiger partial charge in [-0.15, -0.1) is 0 Å². The van der Waals surface area contributed by atoms with Crippen molar-refractivity contribution in [2.75, 3.05) is 18.4 Å². The van der Waals surface area contributed by atoms with Crippen molar-refractivity contribution in [2.24, 2.45) is 5.92 Å². The molecular formula is C15H22N2S. The largest absolute Gasteiger partial charge is 0.349 e. The molecule has 0 radical (unpaired) electrons. The van der Waals surface area contributed by atoms with Gasteiger partial charge in [-0.1, -0.05) is 13.0 Å². The molecule has 0 aromatic heterocycles. The van der Waals surface area contributed by atoms with Crippen molar-refractivity contribution in [1.29, 1.82) is 0 Å². The van der Waals surface area contributed by atoms with Crippen molar-refractivity contribution in [3.8, 4) is 0 Å². The zero-order valence-electron chi connectivity index (χ0n) is 11.5. The predicted molar refractivity (Wildman–Crippen MR) is 82.1 cm³/mol. The average molecular weight is 262 g/mol. The molecule has 1 aromatic carbocycles. The van der Waals surface area contributed by atoms with Gasteiger partial charge in [-0.2, -0.15) is 0 Å². The molecule has 1 aliphatic heterocycles. The van der Waals surface area contributed by atoms with Crippen molar-refractivity contribution < 1.29 is 0 Å². The number of hydrogen-bond donors (Lipinski definition) is 1. The normalized spacial score (nSPS) is 19.7. The maximum absolute atomic E-state index is 5.51. The Hall–Kier alpha value is -1.09. The topological polar surface area (TPSA) is 15.3 Å². The maximum Gasteiger partial charge on any atom is 0.173 e. The minimum atomic E-state index is 0.748. The monoisotopic (exact) mass is 262 g/mol. The third-order valence-electron chi connectivity index (χ3n) is 3.42. The summed E-state index contributed by atoms with van der Waals surface area (Å²) in [6.07, 6.45) is 2.57. The van der Waals surface area contributed by atoms with Gasteiger partial charge in [0.15, 0.2) is 5.11 Å². The number of piperidine rings is 1. The summed E-state index contributed by atoms with van der Waals surface area (Å²) in [5.41, 5.74) is 3.65. The van der Waals surface area contributed by atoms with Crippen LogP contribution in [0.5, 0.6) is 0 Å². The van der Waals surface area contributed by atoms with Crippen LogP contribution in [0.1, 0.15) is 30.9 Å². The fraction of sp³-hybridized carbons (Fsp3) is 0.533. The smallest absolute Gasteiger partial charge is 0.173 e. The van der Waals surface area contributed by atoms with Crippen LogP contribution in [0.15, 0.2) is 18.2 Å². The van der Waals surface area contributed by atoms with E-state index in [0.717, 1.165) is 29.8 Å². The molecule has 1 aromatic rings. The van der Waals surface area contributed by atoms with Gasteiger partial charge in [0, 0.05) is 18.8 Å². The number of anilines is 1. The Morgan fingerprint density at radius 3 is 2.56 bits per heavy atom.